The minimum Gasteiger partial charge on any atom is -0.344 e. The zero-order valence-electron chi connectivity index (χ0n) is 13.3. The number of carbonyl (C=O) groups is 1. The van der Waals surface area contributed by atoms with Gasteiger partial charge < -0.3 is 5.32 Å². The number of nitrogens with zero attached hydrogens (tertiary/aromatic N) is 2. The van der Waals surface area contributed by atoms with Gasteiger partial charge in [-0.3, -0.25) is 9.59 Å². The predicted molar refractivity (Wildman–Crippen MR) is 94.3 cm³/mol. The summed E-state index contributed by atoms with van der Waals surface area (Å²) in [6.07, 6.45) is 0. The quantitative estimate of drug-likeness (QED) is 0.796. The molecule has 0 aliphatic rings. The normalized spacial score (nSPS) is 12.1. The van der Waals surface area contributed by atoms with E-state index in [-0.39, 0.29) is 23.2 Å². The van der Waals surface area contributed by atoms with E-state index in [0.717, 1.165) is 5.56 Å². The van der Waals surface area contributed by atoms with Gasteiger partial charge in [0.15, 0.2) is 5.69 Å². The highest BCUT2D eigenvalue weighted by Gasteiger charge is 2.18. The molecule has 0 spiro atoms. The maximum atomic E-state index is 12.7. The second-order valence-electron chi connectivity index (χ2n) is 5.57. The molecule has 0 aliphatic heterocycles. The first-order chi connectivity index (χ1) is 11.5. The van der Waals surface area contributed by atoms with Crippen LogP contribution in [0.1, 0.15) is 29.0 Å². The van der Waals surface area contributed by atoms with Gasteiger partial charge in [0.05, 0.1) is 11.4 Å². The molecule has 1 aromatic heterocycles. The molecular weight excluding hydrogens is 326 g/mol. The Balaban J connectivity index is 1.97. The minimum atomic E-state index is -0.339. The number of hydrogen-bond acceptors (Lipinski definition) is 3. The average Bonchev–Trinajstić information content (AvgIpc) is 2.58. The molecule has 3 aromatic rings. The van der Waals surface area contributed by atoms with Gasteiger partial charge >= 0.3 is 0 Å². The fourth-order valence-electron chi connectivity index (χ4n) is 2.59. The fourth-order valence-corrected chi connectivity index (χ4v) is 2.79. The van der Waals surface area contributed by atoms with Gasteiger partial charge in [-0.25, -0.2) is 4.68 Å². The van der Waals surface area contributed by atoms with Crippen molar-refractivity contribution in [1.82, 2.24) is 15.1 Å². The molecule has 2 aromatic carbocycles. The van der Waals surface area contributed by atoms with Crippen LogP contribution in [0.25, 0.3) is 10.8 Å². The van der Waals surface area contributed by atoms with Gasteiger partial charge in [0.1, 0.15) is 0 Å². The highest BCUT2D eigenvalue weighted by molar-refractivity contribution is 6.30. The summed E-state index contributed by atoms with van der Waals surface area (Å²) in [4.78, 5) is 24.8. The second-order valence-corrected chi connectivity index (χ2v) is 6.01. The lowest BCUT2D eigenvalue weighted by Crippen LogP contribution is -2.31. The monoisotopic (exact) mass is 341 g/mol. The number of benzene rings is 2. The SMILES string of the molecule is C[C@H](NC(=O)c1nn(C)c(=O)c2ccccc12)c1cccc(Cl)c1. The van der Waals surface area contributed by atoms with Crippen LogP contribution in [0.4, 0.5) is 0 Å². The maximum absolute atomic E-state index is 12.7. The summed E-state index contributed by atoms with van der Waals surface area (Å²) in [6, 6.07) is 14.0. The molecule has 0 unspecified atom stereocenters. The van der Waals surface area contributed by atoms with Gasteiger partial charge in [0.25, 0.3) is 11.5 Å². The lowest BCUT2D eigenvalue weighted by atomic mass is 10.1. The number of aryl methyl sites for hydroxylation is 1. The molecule has 1 heterocycles. The summed E-state index contributed by atoms with van der Waals surface area (Å²) in [5.74, 6) is -0.339. The summed E-state index contributed by atoms with van der Waals surface area (Å²) in [7, 11) is 1.53. The molecule has 0 saturated heterocycles. The van der Waals surface area contributed by atoms with Gasteiger partial charge in [-0.05, 0) is 30.7 Å². The lowest BCUT2D eigenvalue weighted by molar-refractivity contribution is 0.0934. The third-order valence-electron chi connectivity index (χ3n) is 3.87. The minimum absolute atomic E-state index is 0.224. The first-order valence-electron chi connectivity index (χ1n) is 7.50. The van der Waals surface area contributed by atoms with E-state index in [1.165, 1.54) is 11.7 Å². The smallest absolute Gasteiger partial charge is 0.274 e. The summed E-state index contributed by atoms with van der Waals surface area (Å²) in [6.45, 7) is 1.87. The van der Waals surface area contributed by atoms with Crippen LogP contribution in [-0.2, 0) is 7.05 Å². The lowest BCUT2D eigenvalue weighted by Gasteiger charge is -2.15. The maximum Gasteiger partial charge on any atom is 0.274 e. The third kappa shape index (κ3) is 3.03. The molecule has 0 bridgehead atoms. The van der Waals surface area contributed by atoms with Crippen molar-refractivity contribution in [2.45, 2.75) is 13.0 Å². The highest BCUT2D eigenvalue weighted by atomic mass is 35.5. The molecule has 122 valence electrons. The summed E-state index contributed by atoms with van der Waals surface area (Å²) >= 11 is 6.00. The van der Waals surface area contributed by atoms with E-state index in [0.29, 0.717) is 15.8 Å². The fraction of sp³-hybridized carbons (Fsp3) is 0.167. The van der Waals surface area contributed by atoms with Gasteiger partial charge in [-0.1, -0.05) is 41.9 Å². The van der Waals surface area contributed by atoms with Crippen LogP contribution in [-0.4, -0.2) is 15.7 Å². The third-order valence-corrected chi connectivity index (χ3v) is 4.10. The Bertz CT molecular complexity index is 981. The molecule has 5 nitrogen and oxygen atoms in total. The molecule has 6 heteroatoms. The number of rotatable bonds is 3. The topological polar surface area (TPSA) is 64.0 Å². The van der Waals surface area contributed by atoms with E-state index in [1.54, 1.807) is 36.4 Å². The van der Waals surface area contributed by atoms with Crippen LogP contribution in [0, 0.1) is 0 Å². The van der Waals surface area contributed by atoms with Crippen molar-refractivity contribution in [1.29, 1.82) is 0 Å². The number of amides is 1. The molecule has 0 radical (unpaired) electrons. The van der Waals surface area contributed by atoms with Crippen LogP contribution in [0.3, 0.4) is 0 Å². The number of hydrogen-bond donors (Lipinski definition) is 1. The van der Waals surface area contributed by atoms with Crippen molar-refractivity contribution >= 4 is 28.3 Å². The van der Waals surface area contributed by atoms with Crippen molar-refractivity contribution < 1.29 is 4.79 Å². The van der Waals surface area contributed by atoms with Crippen molar-refractivity contribution in [2.24, 2.45) is 7.05 Å². The van der Waals surface area contributed by atoms with E-state index in [1.807, 2.05) is 19.1 Å². The summed E-state index contributed by atoms with van der Waals surface area (Å²) in [5, 5.41) is 8.65. The Morgan fingerprint density at radius 3 is 2.58 bits per heavy atom. The molecule has 24 heavy (non-hydrogen) atoms. The molecule has 0 fully saturated rings. The van der Waals surface area contributed by atoms with Gasteiger partial charge in [0.2, 0.25) is 0 Å². The largest absolute Gasteiger partial charge is 0.344 e. The van der Waals surface area contributed by atoms with Crippen LogP contribution in [0.15, 0.2) is 53.3 Å². The Hall–Kier alpha value is -2.66. The highest BCUT2D eigenvalue weighted by Crippen LogP contribution is 2.19. The predicted octanol–water partition coefficient (Wildman–Crippen LogP) is 3.08. The zero-order chi connectivity index (χ0) is 17.3. The Labute approximate surface area is 143 Å². The Kier molecular flexibility index (Phi) is 4.36. The van der Waals surface area contributed by atoms with Gasteiger partial charge in [-0.15, -0.1) is 0 Å². The molecular formula is C18H16ClN3O2. The number of halogens is 1. The van der Waals surface area contributed by atoms with E-state index in [2.05, 4.69) is 10.4 Å². The summed E-state index contributed by atoms with van der Waals surface area (Å²) < 4.78 is 1.18. The molecule has 0 aliphatic carbocycles. The molecule has 1 N–H and O–H groups in total. The van der Waals surface area contributed by atoms with Crippen molar-refractivity contribution in [3.8, 4) is 0 Å². The Morgan fingerprint density at radius 1 is 1.17 bits per heavy atom. The van der Waals surface area contributed by atoms with Crippen molar-refractivity contribution in [2.75, 3.05) is 0 Å². The second kappa shape index (κ2) is 6.45. The standard InChI is InChI=1S/C18H16ClN3O2/c1-11(12-6-5-7-13(19)10-12)20-17(23)16-14-8-3-4-9-15(14)18(24)22(2)21-16/h3-11H,1-2H3,(H,20,23)/t11-/m0/s1. The van der Waals surface area contributed by atoms with E-state index >= 15 is 0 Å². The molecule has 0 saturated carbocycles. The first kappa shape index (κ1) is 16.2. The summed E-state index contributed by atoms with van der Waals surface area (Å²) in [5.41, 5.74) is 0.886. The molecule has 1 amide bonds. The van der Waals surface area contributed by atoms with Crippen LogP contribution in [0.2, 0.25) is 5.02 Å². The number of nitrogens with one attached hydrogen (secondary N) is 1. The van der Waals surface area contributed by atoms with Crippen LogP contribution >= 0.6 is 11.6 Å². The number of carbonyl (C=O) groups excluding carboxylic acids is 1. The molecule has 3 rings (SSSR count). The van der Waals surface area contributed by atoms with Crippen LogP contribution in [0.5, 0.6) is 0 Å². The van der Waals surface area contributed by atoms with Crippen molar-refractivity contribution in [3.05, 3.63) is 75.2 Å². The Morgan fingerprint density at radius 2 is 1.88 bits per heavy atom. The number of fused-ring (bicyclic) bond motifs is 1. The van der Waals surface area contributed by atoms with Gasteiger partial charge in [-0.2, -0.15) is 5.10 Å². The van der Waals surface area contributed by atoms with Gasteiger partial charge in [0, 0.05) is 17.5 Å². The van der Waals surface area contributed by atoms with Crippen LogP contribution < -0.4 is 10.9 Å². The molecule has 1 atom stereocenters. The first-order valence-corrected chi connectivity index (χ1v) is 7.87. The van der Waals surface area contributed by atoms with Crippen molar-refractivity contribution in [3.63, 3.8) is 0 Å². The van der Waals surface area contributed by atoms with E-state index in [4.69, 9.17) is 11.6 Å². The zero-order valence-corrected chi connectivity index (χ0v) is 14.0. The number of aromatic nitrogens is 2. The van der Waals surface area contributed by atoms with E-state index < -0.39 is 0 Å². The van der Waals surface area contributed by atoms with E-state index in [9.17, 15) is 9.59 Å². The average molecular weight is 342 g/mol.